The van der Waals surface area contributed by atoms with E-state index < -0.39 is 23.2 Å². The number of carboxylic acids is 1. The smallest absolute Gasteiger partial charge is 0.356 e. The van der Waals surface area contributed by atoms with Gasteiger partial charge >= 0.3 is 5.97 Å². The maximum absolute atomic E-state index is 14.1. The number of rotatable bonds is 2. The Morgan fingerprint density at radius 1 is 1.55 bits per heavy atom. The third-order valence-corrected chi connectivity index (χ3v) is 4.15. The number of imidazole rings is 1. The van der Waals surface area contributed by atoms with Crippen LogP contribution in [0.15, 0.2) is 29.0 Å². The van der Waals surface area contributed by atoms with E-state index in [1.807, 2.05) is 0 Å². The van der Waals surface area contributed by atoms with Crippen molar-refractivity contribution in [2.75, 3.05) is 0 Å². The first-order valence-electron chi connectivity index (χ1n) is 6.38. The Kier molecular flexibility index (Phi) is 3.28. The summed E-state index contributed by atoms with van der Waals surface area (Å²) in [6, 6.07) is 4.47. The van der Waals surface area contributed by atoms with E-state index in [4.69, 9.17) is 5.11 Å². The summed E-state index contributed by atoms with van der Waals surface area (Å²) in [7, 11) is 0. The molecule has 1 aliphatic rings. The summed E-state index contributed by atoms with van der Waals surface area (Å²) in [6.45, 7) is 1.86. The summed E-state index contributed by atoms with van der Waals surface area (Å²) in [4.78, 5) is 27.1. The first kappa shape index (κ1) is 14.7. The van der Waals surface area contributed by atoms with Crippen molar-refractivity contribution in [2.45, 2.75) is 19.0 Å². The van der Waals surface area contributed by atoms with E-state index in [0.29, 0.717) is 10.0 Å². The molecule has 0 saturated heterocycles. The quantitative estimate of drug-likeness (QED) is 0.851. The number of carbonyl (C=O) groups is 2. The van der Waals surface area contributed by atoms with Crippen LogP contribution < -0.4 is 5.32 Å². The average Bonchev–Trinajstić information content (AvgIpc) is 2.85. The molecule has 1 aromatic heterocycles. The lowest BCUT2D eigenvalue weighted by atomic mass is 9.89. The number of hydrogen-bond donors (Lipinski definition) is 2. The molecule has 0 bridgehead atoms. The lowest BCUT2D eigenvalue weighted by molar-refractivity contribution is 0.0678. The molecule has 3 rings (SSSR count). The van der Waals surface area contributed by atoms with E-state index in [1.54, 1.807) is 19.1 Å². The minimum Gasteiger partial charge on any atom is -0.476 e. The number of nitrogens with zero attached hydrogens (tertiary/aromatic N) is 2. The van der Waals surface area contributed by atoms with Gasteiger partial charge in [0.15, 0.2) is 5.69 Å². The van der Waals surface area contributed by atoms with Crippen molar-refractivity contribution in [3.05, 3.63) is 51.8 Å². The van der Waals surface area contributed by atoms with Crippen LogP contribution in [0.1, 0.15) is 33.5 Å². The van der Waals surface area contributed by atoms with Gasteiger partial charge in [-0.3, -0.25) is 4.79 Å². The summed E-state index contributed by atoms with van der Waals surface area (Å²) < 4.78 is 16.3. The third-order valence-electron chi connectivity index (χ3n) is 3.65. The number of hydrogen-bond acceptors (Lipinski definition) is 3. The monoisotopic (exact) mass is 367 g/mol. The van der Waals surface area contributed by atoms with Gasteiger partial charge in [0.2, 0.25) is 0 Å². The fourth-order valence-electron chi connectivity index (χ4n) is 2.66. The van der Waals surface area contributed by atoms with Gasteiger partial charge < -0.3 is 15.0 Å². The highest BCUT2D eigenvalue weighted by Gasteiger charge is 2.40. The third kappa shape index (κ3) is 2.19. The molecular weight excluding hydrogens is 357 g/mol. The fourth-order valence-corrected chi connectivity index (χ4v) is 3.02. The molecule has 0 saturated carbocycles. The van der Waals surface area contributed by atoms with E-state index in [0.717, 1.165) is 0 Å². The molecule has 1 amide bonds. The normalized spacial score (nSPS) is 20.4. The first-order chi connectivity index (χ1) is 10.3. The molecule has 1 aliphatic heterocycles. The Morgan fingerprint density at radius 3 is 2.95 bits per heavy atom. The van der Waals surface area contributed by atoms with Crippen LogP contribution in [0.5, 0.6) is 0 Å². The van der Waals surface area contributed by atoms with Crippen molar-refractivity contribution in [3.63, 3.8) is 0 Å². The molecule has 1 atom stereocenters. The SMILES string of the molecule is C[C@@]1(c2cc(Br)ccc2F)Cn2cnc(C(=O)O)c2C(=O)N1. The number of halogens is 2. The number of carbonyl (C=O) groups excluding carboxylic acids is 1. The Morgan fingerprint density at radius 2 is 2.27 bits per heavy atom. The zero-order valence-electron chi connectivity index (χ0n) is 11.4. The highest BCUT2D eigenvalue weighted by atomic mass is 79.9. The molecule has 114 valence electrons. The average molecular weight is 368 g/mol. The highest BCUT2D eigenvalue weighted by Crippen LogP contribution is 2.32. The Bertz CT molecular complexity index is 805. The predicted octanol–water partition coefficient (Wildman–Crippen LogP) is 2.14. The maximum atomic E-state index is 14.1. The number of nitrogens with one attached hydrogen (secondary N) is 1. The van der Waals surface area contributed by atoms with E-state index >= 15 is 0 Å². The van der Waals surface area contributed by atoms with Crippen molar-refractivity contribution in [3.8, 4) is 0 Å². The summed E-state index contributed by atoms with van der Waals surface area (Å²) >= 11 is 3.28. The Balaban J connectivity index is 2.10. The largest absolute Gasteiger partial charge is 0.476 e. The van der Waals surface area contributed by atoms with Crippen molar-refractivity contribution < 1.29 is 19.1 Å². The molecule has 0 spiro atoms. The summed E-state index contributed by atoms with van der Waals surface area (Å²) in [6.07, 6.45) is 1.28. The standard InChI is InChI=1S/C14H11BrFN3O3/c1-14(8-4-7(15)2-3-9(8)16)5-19-6-17-10(13(21)22)11(19)12(20)18-14/h2-4,6H,5H2,1H3,(H,18,20)(H,21,22)/t14-/m0/s1. The van der Waals surface area contributed by atoms with E-state index in [1.165, 1.54) is 17.0 Å². The lowest BCUT2D eigenvalue weighted by Crippen LogP contribution is -2.52. The second kappa shape index (κ2) is 4.91. The molecular formula is C14H11BrFN3O3. The summed E-state index contributed by atoms with van der Waals surface area (Å²) in [5.41, 5.74) is -1.03. The fraction of sp³-hybridized carbons (Fsp3) is 0.214. The van der Waals surface area contributed by atoms with Crippen molar-refractivity contribution in [2.24, 2.45) is 0 Å². The van der Waals surface area contributed by atoms with Gasteiger partial charge in [-0.15, -0.1) is 0 Å². The van der Waals surface area contributed by atoms with Gasteiger partial charge in [-0.2, -0.15) is 0 Å². The van der Waals surface area contributed by atoms with Crippen LogP contribution in [0, 0.1) is 5.82 Å². The van der Waals surface area contributed by atoms with Gasteiger partial charge in [0.05, 0.1) is 18.4 Å². The van der Waals surface area contributed by atoms with Gasteiger partial charge in [-0.05, 0) is 25.1 Å². The topological polar surface area (TPSA) is 84.2 Å². The molecule has 0 unspecified atom stereocenters. The molecule has 0 radical (unpaired) electrons. The molecule has 8 heteroatoms. The second-order valence-corrected chi connectivity index (χ2v) is 6.20. The van der Waals surface area contributed by atoms with Crippen LogP contribution in [-0.2, 0) is 12.1 Å². The van der Waals surface area contributed by atoms with Crippen molar-refractivity contribution >= 4 is 27.8 Å². The van der Waals surface area contributed by atoms with Crippen LogP contribution in [0.4, 0.5) is 4.39 Å². The van der Waals surface area contributed by atoms with Crippen LogP contribution in [-0.4, -0.2) is 26.5 Å². The number of benzene rings is 1. The molecule has 1 aromatic carbocycles. The second-order valence-electron chi connectivity index (χ2n) is 5.29. The summed E-state index contributed by atoms with van der Waals surface area (Å²) in [5.74, 6) is -2.32. The van der Waals surface area contributed by atoms with Crippen LogP contribution >= 0.6 is 15.9 Å². The molecule has 2 heterocycles. The van der Waals surface area contributed by atoms with E-state index in [2.05, 4.69) is 26.2 Å². The number of aromatic nitrogens is 2. The molecule has 2 aromatic rings. The van der Waals surface area contributed by atoms with Crippen LogP contribution in [0.3, 0.4) is 0 Å². The van der Waals surface area contributed by atoms with Crippen LogP contribution in [0.25, 0.3) is 0 Å². The summed E-state index contributed by atoms with van der Waals surface area (Å²) in [5, 5.41) is 11.7. The lowest BCUT2D eigenvalue weighted by Gasteiger charge is -2.36. The molecule has 6 nitrogen and oxygen atoms in total. The minimum absolute atomic E-state index is 0.0274. The van der Waals surface area contributed by atoms with Gasteiger partial charge in [-0.25, -0.2) is 14.2 Å². The van der Waals surface area contributed by atoms with Gasteiger partial charge in [0.1, 0.15) is 11.5 Å². The first-order valence-corrected chi connectivity index (χ1v) is 7.17. The predicted molar refractivity (Wildman–Crippen MR) is 78.1 cm³/mol. The minimum atomic E-state index is -1.28. The molecule has 0 fully saturated rings. The highest BCUT2D eigenvalue weighted by molar-refractivity contribution is 9.10. The molecule has 0 aliphatic carbocycles. The van der Waals surface area contributed by atoms with Crippen molar-refractivity contribution in [1.82, 2.24) is 14.9 Å². The number of aromatic carboxylic acids is 1. The number of carboxylic acid groups (broad SMARTS) is 1. The molecule has 2 N–H and O–H groups in total. The van der Waals surface area contributed by atoms with E-state index in [-0.39, 0.29) is 17.9 Å². The van der Waals surface area contributed by atoms with Crippen molar-refractivity contribution in [1.29, 1.82) is 0 Å². The number of amides is 1. The zero-order valence-corrected chi connectivity index (χ0v) is 13.0. The zero-order chi connectivity index (χ0) is 16.1. The Hall–Kier alpha value is -2.22. The van der Waals surface area contributed by atoms with Gasteiger partial charge in [0.25, 0.3) is 5.91 Å². The number of fused-ring (bicyclic) bond motifs is 1. The Labute approximate surface area is 133 Å². The van der Waals surface area contributed by atoms with Crippen LogP contribution in [0.2, 0.25) is 0 Å². The maximum Gasteiger partial charge on any atom is 0.356 e. The molecule has 22 heavy (non-hydrogen) atoms. The van der Waals surface area contributed by atoms with Gasteiger partial charge in [-0.1, -0.05) is 15.9 Å². The van der Waals surface area contributed by atoms with Gasteiger partial charge in [0, 0.05) is 10.0 Å². The van der Waals surface area contributed by atoms with E-state index in [9.17, 15) is 14.0 Å².